The molecule has 1 saturated heterocycles. The van der Waals surface area contributed by atoms with Crippen LogP contribution in [-0.2, 0) is 9.53 Å². The average Bonchev–Trinajstić information content (AvgIpc) is 2.41. The van der Waals surface area contributed by atoms with E-state index in [1.807, 2.05) is 0 Å². The van der Waals surface area contributed by atoms with Gasteiger partial charge in [0.05, 0.1) is 6.10 Å². The minimum Gasteiger partial charge on any atom is -0.378 e. The van der Waals surface area contributed by atoms with E-state index in [-0.39, 0.29) is 5.91 Å². The van der Waals surface area contributed by atoms with Crippen LogP contribution >= 0.6 is 0 Å². The summed E-state index contributed by atoms with van der Waals surface area (Å²) in [5, 5.41) is 2.97. The quantitative estimate of drug-likeness (QED) is 0.620. The van der Waals surface area contributed by atoms with Gasteiger partial charge in [-0.2, -0.15) is 0 Å². The van der Waals surface area contributed by atoms with Crippen molar-refractivity contribution in [3.05, 3.63) is 0 Å². The zero-order valence-electron chi connectivity index (χ0n) is 11.5. The summed E-state index contributed by atoms with van der Waals surface area (Å²) in [5.41, 5.74) is 5.42. The van der Waals surface area contributed by atoms with E-state index in [2.05, 4.69) is 5.32 Å². The van der Waals surface area contributed by atoms with Gasteiger partial charge in [0.2, 0.25) is 5.91 Å². The Labute approximate surface area is 111 Å². The molecule has 0 aromatic rings. The number of rotatable bonds is 9. The summed E-state index contributed by atoms with van der Waals surface area (Å²) >= 11 is 0. The Balaban J connectivity index is 1.90. The van der Waals surface area contributed by atoms with E-state index in [1.54, 1.807) is 0 Å². The fourth-order valence-electron chi connectivity index (χ4n) is 2.27. The highest BCUT2D eigenvalue weighted by Gasteiger charge is 2.14. The fourth-order valence-corrected chi connectivity index (χ4v) is 2.27. The second kappa shape index (κ2) is 10.3. The zero-order valence-corrected chi connectivity index (χ0v) is 11.5. The molecule has 0 radical (unpaired) electrons. The van der Waals surface area contributed by atoms with Crippen molar-refractivity contribution in [1.29, 1.82) is 0 Å². The topological polar surface area (TPSA) is 64.3 Å². The largest absolute Gasteiger partial charge is 0.378 e. The number of carbonyl (C=O) groups excluding carboxylic acids is 1. The standard InChI is InChI=1S/C14H28N2O2/c15-10-4-1-2-5-11-16-14(17)9-8-13-7-3-6-12-18-13/h13H,1-12,15H2,(H,16,17). The van der Waals surface area contributed by atoms with Gasteiger partial charge >= 0.3 is 0 Å². The van der Waals surface area contributed by atoms with Crippen molar-refractivity contribution in [2.75, 3.05) is 19.7 Å². The third kappa shape index (κ3) is 7.67. The number of nitrogens with two attached hydrogens (primary N) is 1. The highest BCUT2D eigenvalue weighted by Crippen LogP contribution is 2.16. The lowest BCUT2D eigenvalue weighted by atomic mass is 10.0. The Kier molecular flexibility index (Phi) is 8.86. The first-order chi connectivity index (χ1) is 8.83. The predicted molar refractivity (Wildman–Crippen MR) is 73.4 cm³/mol. The number of nitrogens with one attached hydrogen (secondary N) is 1. The molecule has 106 valence electrons. The number of carbonyl (C=O) groups is 1. The third-order valence-electron chi connectivity index (χ3n) is 3.42. The van der Waals surface area contributed by atoms with Crippen molar-refractivity contribution in [3.63, 3.8) is 0 Å². The number of amides is 1. The normalized spacial score (nSPS) is 19.7. The summed E-state index contributed by atoms with van der Waals surface area (Å²) in [4.78, 5) is 11.6. The van der Waals surface area contributed by atoms with E-state index in [9.17, 15) is 4.79 Å². The molecule has 1 aliphatic rings. The maximum Gasteiger partial charge on any atom is 0.220 e. The fraction of sp³-hybridized carbons (Fsp3) is 0.929. The van der Waals surface area contributed by atoms with E-state index in [0.29, 0.717) is 12.5 Å². The maximum atomic E-state index is 11.6. The molecule has 1 amide bonds. The van der Waals surface area contributed by atoms with Crippen molar-refractivity contribution in [2.24, 2.45) is 5.73 Å². The Morgan fingerprint density at radius 1 is 1.22 bits per heavy atom. The Morgan fingerprint density at radius 2 is 2.06 bits per heavy atom. The van der Waals surface area contributed by atoms with Crippen LogP contribution in [0.3, 0.4) is 0 Å². The van der Waals surface area contributed by atoms with Crippen LogP contribution in [0, 0.1) is 0 Å². The first-order valence-corrected chi connectivity index (χ1v) is 7.41. The van der Waals surface area contributed by atoms with Crippen LogP contribution in [0.5, 0.6) is 0 Å². The molecule has 0 saturated carbocycles. The van der Waals surface area contributed by atoms with E-state index >= 15 is 0 Å². The van der Waals surface area contributed by atoms with Crippen LogP contribution in [-0.4, -0.2) is 31.7 Å². The lowest BCUT2D eigenvalue weighted by molar-refractivity contribution is -0.122. The van der Waals surface area contributed by atoms with Crippen LogP contribution in [0.15, 0.2) is 0 Å². The molecule has 1 heterocycles. The molecule has 18 heavy (non-hydrogen) atoms. The molecule has 0 bridgehead atoms. The maximum absolute atomic E-state index is 11.6. The number of hydrogen-bond donors (Lipinski definition) is 2. The number of unbranched alkanes of at least 4 members (excludes halogenated alkanes) is 3. The number of ether oxygens (including phenoxy) is 1. The predicted octanol–water partition coefficient (Wildman–Crippen LogP) is 1.97. The summed E-state index contributed by atoms with van der Waals surface area (Å²) in [6.45, 7) is 2.44. The number of hydrogen-bond acceptors (Lipinski definition) is 3. The summed E-state index contributed by atoms with van der Waals surface area (Å²) < 4.78 is 5.61. The van der Waals surface area contributed by atoms with Gasteiger partial charge in [-0.15, -0.1) is 0 Å². The average molecular weight is 256 g/mol. The van der Waals surface area contributed by atoms with Gasteiger partial charge in [-0.1, -0.05) is 12.8 Å². The van der Waals surface area contributed by atoms with Crippen LogP contribution in [0.2, 0.25) is 0 Å². The van der Waals surface area contributed by atoms with Crippen molar-refractivity contribution < 1.29 is 9.53 Å². The molecule has 1 fully saturated rings. The van der Waals surface area contributed by atoms with Crippen molar-refractivity contribution in [1.82, 2.24) is 5.32 Å². The summed E-state index contributed by atoms with van der Waals surface area (Å²) in [6, 6.07) is 0. The summed E-state index contributed by atoms with van der Waals surface area (Å²) in [7, 11) is 0. The van der Waals surface area contributed by atoms with Crippen LogP contribution < -0.4 is 11.1 Å². The second-order valence-electron chi connectivity index (χ2n) is 5.08. The Bertz CT molecular complexity index is 216. The molecule has 0 aromatic heterocycles. The van der Waals surface area contributed by atoms with E-state index in [4.69, 9.17) is 10.5 Å². The molecule has 0 spiro atoms. The van der Waals surface area contributed by atoms with Crippen LogP contribution in [0.1, 0.15) is 57.8 Å². The first-order valence-electron chi connectivity index (χ1n) is 7.41. The molecule has 4 heteroatoms. The molecule has 1 aliphatic heterocycles. The lowest BCUT2D eigenvalue weighted by Crippen LogP contribution is -2.27. The Morgan fingerprint density at radius 3 is 2.78 bits per heavy atom. The summed E-state index contributed by atoms with van der Waals surface area (Å²) in [5.74, 6) is 0.169. The Hall–Kier alpha value is -0.610. The third-order valence-corrected chi connectivity index (χ3v) is 3.42. The highest BCUT2D eigenvalue weighted by atomic mass is 16.5. The molecule has 0 aliphatic carbocycles. The van der Waals surface area contributed by atoms with Crippen molar-refractivity contribution >= 4 is 5.91 Å². The molecule has 0 aromatic carbocycles. The van der Waals surface area contributed by atoms with Gasteiger partial charge in [0.25, 0.3) is 0 Å². The van der Waals surface area contributed by atoms with Gasteiger partial charge in [-0.05, 0) is 45.1 Å². The van der Waals surface area contributed by atoms with Crippen molar-refractivity contribution in [3.8, 4) is 0 Å². The van der Waals surface area contributed by atoms with Gasteiger partial charge in [0.15, 0.2) is 0 Å². The molecular formula is C14H28N2O2. The van der Waals surface area contributed by atoms with E-state index < -0.39 is 0 Å². The van der Waals surface area contributed by atoms with E-state index in [1.165, 1.54) is 19.3 Å². The van der Waals surface area contributed by atoms with Gasteiger partial charge in [0.1, 0.15) is 0 Å². The van der Waals surface area contributed by atoms with Crippen LogP contribution in [0.25, 0.3) is 0 Å². The van der Waals surface area contributed by atoms with Gasteiger partial charge < -0.3 is 15.8 Å². The van der Waals surface area contributed by atoms with Crippen molar-refractivity contribution in [2.45, 2.75) is 63.9 Å². The van der Waals surface area contributed by atoms with Gasteiger partial charge in [0, 0.05) is 19.6 Å². The molecule has 1 unspecified atom stereocenters. The summed E-state index contributed by atoms with van der Waals surface area (Å²) in [6.07, 6.45) is 9.80. The van der Waals surface area contributed by atoms with Gasteiger partial charge in [-0.25, -0.2) is 0 Å². The minimum atomic E-state index is 0.169. The molecule has 1 rings (SSSR count). The molecule has 4 nitrogen and oxygen atoms in total. The SMILES string of the molecule is NCCCCCCNC(=O)CCC1CCCCO1. The van der Waals surface area contributed by atoms with Gasteiger partial charge in [-0.3, -0.25) is 4.79 Å². The monoisotopic (exact) mass is 256 g/mol. The van der Waals surface area contributed by atoms with Crippen LogP contribution in [0.4, 0.5) is 0 Å². The second-order valence-corrected chi connectivity index (χ2v) is 5.08. The lowest BCUT2D eigenvalue weighted by Gasteiger charge is -2.22. The van der Waals surface area contributed by atoms with E-state index in [0.717, 1.165) is 51.8 Å². The molecular weight excluding hydrogens is 228 g/mol. The first kappa shape index (κ1) is 15.4. The molecule has 3 N–H and O–H groups in total. The highest BCUT2D eigenvalue weighted by molar-refractivity contribution is 5.75. The molecule has 1 atom stereocenters. The zero-order chi connectivity index (χ0) is 13.1. The minimum absolute atomic E-state index is 0.169. The smallest absolute Gasteiger partial charge is 0.220 e.